The van der Waals surface area contributed by atoms with Crippen LogP contribution in [-0.4, -0.2) is 54.5 Å². The maximum absolute atomic E-state index is 13.6. The molecule has 2 amide bonds. The van der Waals surface area contributed by atoms with Gasteiger partial charge in [-0.1, -0.05) is 18.2 Å². The number of para-hydroxylation sites is 1. The van der Waals surface area contributed by atoms with E-state index in [0.29, 0.717) is 24.5 Å². The van der Waals surface area contributed by atoms with Crippen molar-refractivity contribution in [1.82, 2.24) is 9.80 Å². The summed E-state index contributed by atoms with van der Waals surface area (Å²) in [5, 5.41) is 2.08. The third-order valence-electron chi connectivity index (χ3n) is 6.46. The molecule has 5 rings (SSSR count). The lowest BCUT2D eigenvalue weighted by Gasteiger charge is -2.37. The van der Waals surface area contributed by atoms with Crippen molar-refractivity contribution in [3.63, 3.8) is 0 Å². The van der Waals surface area contributed by atoms with Crippen LogP contribution in [0.15, 0.2) is 66.0 Å². The molecule has 2 aliphatic rings. The van der Waals surface area contributed by atoms with Crippen molar-refractivity contribution in [2.24, 2.45) is 0 Å². The van der Waals surface area contributed by atoms with Gasteiger partial charge in [-0.2, -0.15) is 0 Å². The summed E-state index contributed by atoms with van der Waals surface area (Å²) in [5.41, 5.74) is 1.73. The average Bonchev–Trinajstić information content (AvgIpc) is 3.61. The number of hydrogen-bond donors (Lipinski definition) is 0. The highest BCUT2D eigenvalue weighted by Crippen LogP contribution is 2.35. The fourth-order valence-electron chi connectivity index (χ4n) is 4.46. The lowest BCUT2D eigenvalue weighted by molar-refractivity contribution is -0.135. The summed E-state index contributed by atoms with van der Waals surface area (Å²) in [6.07, 6.45) is 2.70. The van der Waals surface area contributed by atoms with E-state index in [1.165, 1.54) is 4.88 Å². The van der Waals surface area contributed by atoms with Gasteiger partial charge in [0.15, 0.2) is 0 Å². The van der Waals surface area contributed by atoms with E-state index in [1.54, 1.807) is 47.6 Å². The van der Waals surface area contributed by atoms with Crippen LogP contribution in [0.4, 0.5) is 0 Å². The van der Waals surface area contributed by atoms with E-state index in [0.717, 1.165) is 30.6 Å². The predicted octanol–water partition coefficient (Wildman–Crippen LogP) is 4.57. The molecule has 0 saturated heterocycles. The summed E-state index contributed by atoms with van der Waals surface area (Å²) >= 11 is 1.73. The first-order chi connectivity index (χ1) is 16.6. The standard InChI is InChI=1S/C27H28N2O4S/c1-32-21-11-7-19(8-12-21)27(31)29(20-9-10-20)17-26(30)28-15-13-25-23(14-16-34-25)24(28)18-33-22-5-3-2-4-6-22/h2-8,11-12,14,16,20,24H,9-10,13,15,17-18H2,1H3/t24-/m0/s1. The Balaban J connectivity index is 1.33. The summed E-state index contributed by atoms with van der Waals surface area (Å²) in [5.74, 6) is 1.34. The second-order valence-electron chi connectivity index (χ2n) is 8.67. The molecular formula is C27H28N2O4S. The Morgan fingerprint density at radius 2 is 1.79 bits per heavy atom. The Labute approximate surface area is 203 Å². The van der Waals surface area contributed by atoms with Crippen LogP contribution >= 0.6 is 11.3 Å². The third kappa shape index (κ3) is 4.80. The fraction of sp³-hybridized carbons (Fsp3) is 0.333. The molecule has 3 aromatic rings. The van der Waals surface area contributed by atoms with Crippen LogP contribution in [0.2, 0.25) is 0 Å². The first kappa shape index (κ1) is 22.5. The maximum atomic E-state index is 13.6. The number of fused-ring (bicyclic) bond motifs is 1. The number of rotatable bonds is 8. The molecule has 0 spiro atoms. The van der Waals surface area contributed by atoms with Gasteiger partial charge in [-0.3, -0.25) is 9.59 Å². The summed E-state index contributed by atoms with van der Waals surface area (Å²) in [6, 6.07) is 18.8. The van der Waals surface area contributed by atoms with Gasteiger partial charge in [0.2, 0.25) is 5.91 Å². The Morgan fingerprint density at radius 3 is 2.50 bits per heavy atom. The molecule has 6 nitrogen and oxygen atoms in total. The van der Waals surface area contributed by atoms with Crippen molar-refractivity contribution in [1.29, 1.82) is 0 Å². The first-order valence-electron chi connectivity index (χ1n) is 11.6. The van der Waals surface area contributed by atoms with Gasteiger partial charge in [0.05, 0.1) is 13.2 Å². The molecule has 0 N–H and O–H groups in total. The molecule has 7 heteroatoms. The van der Waals surface area contributed by atoms with Crippen LogP contribution in [0.25, 0.3) is 0 Å². The van der Waals surface area contributed by atoms with Gasteiger partial charge in [-0.25, -0.2) is 0 Å². The van der Waals surface area contributed by atoms with Crippen molar-refractivity contribution in [2.45, 2.75) is 31.3 Å². The Morgan fingerprint density at radius 1 is 1.03 bits per heavy atom. The van der Waals surface area contributed by atoms with Gasteiger partial charge >= 0.3 is 0 Å². The van der Waals surface area contributed by atoms with E-state index < -0.39 is 0 Å². The number of hydrogen-bond acceptors (Lipinski definition) is 5. The van der Waals surface area contributed by atoms with Crippen LogP contribution in [-0.2, 0) is 11.2 Å². The molecule has 34 heavy (non-hydrogen) atoms. The van der Waals surface area contributed by atoms with Crippen molar-refractivity contribution in [3.8, 4) is 11.5 Å². The van der Waals surface area contributed by atoms with Crippen molar-refractivity contribution in [2.75, 3.05) is 26.8 Å². The number of carbonyl (C=O) groups is 2. The molecular weight excluding hydrogens is 448 g/mol. The molecule has 176 valence electrons. The van der Waals surface area contributed by atoms with Gasteiger partial charge in [0, 0.05) is 23.0 Å². The minimum atomic E-state index is -0.167. The fourth-order valence-corrected chi connectivity index (χ4v) is 5.38. The molecule has 2 aromatic carbocycles. The normalized spacial score (nSPS) is 17.1. The van der Waals surface area contributed by atoms with Crippen LogP contribution in [0.3, 0.4) is 0 Å². The van der Waals surface area contributed by atoms with E-state index in [2.05, 4.69) is 11.4 Å². The summed E-state index contributed by atoms with van der Waals surface area (Å²) in [4.78, 5) is 31.8. The van der Waals surface area contributed by atoms with Gasteiger partial charge in [0.25, 0.3) is 5.91 Å². The lowest BCUT2D eigenvalue weighted by Crippen LogP contribution is -2.48. The van der Waals surface area contributed by atoms with Crippen LogP contribution in [0.1, 0.15) is 39.7 Å². The maximum Gasteiger partial charge on any atom is 0.254 e. The number of benzene rings is 2. The Kier molecular flexibility index (Phi) is 6.54. The van der Waals surface area contributed by atoms with Crippen LogP contribution in [0.5, 0.6) is 11.5 Å². The van der Waals surface area contributed by atoms with Crippen molar-refractivity contribution < 1.29 is 19.1 Å². The van der Waals surface area contributed by atoms with Crippen LogP contribution in [0, 0.1) is 0 Å². The molecule has 2 heterocycles. The average molecular weight is 477 g/mol. The highest BCUT2D eigenvalue weighted by atomic mass is 32.1. The zero-order valence-corrected chi connectivity index (χ0v) is 20.0. The number of amides is 2. The SMILES string of the molecule is COc1ccc(C(=O)N(CC(=O)N2CCc3sccc3[C@@H]2COc2ccccc2)C2CC2)cc1. The minimum Gasteiger partial charge on any atom is -0.497 e. The number of ether oxygens (including phenoxy) is 2. The number of nitrogens with zero attached hydrogens (tertiary/aromatic N) is 2. The monoisotopic (exact) mass is 476 g/mol. The molecule has 0 bridgehead atoms. The summed E-state index contributed by atoms with van der Waals surface area (Å²) in [7, 11) is 1.60. The van der Waals surface area contributed by atoms with E-state index >= 15 is 0 Å². The van der Waals surface area contributed by atoms with E-state index in [9.17, 15) is 9.59 Å². The predicted molar refractivity (Wildman–Crippen MR) is 131 cm³/mol. The molecule has 1 aliphatic heterocycles. The quantitative estimate of drug-likeness (QED) is 0.478. The smallest absolute Gasteiger partial charge is 0.254 e. The van der Waals surface area contributed by atoms with Gasteiger partial charge in [0.1, 0.15) is 24.7 Å². The van der Waals surface area contributed by atoms with Crippen molar-refractivity contribution in [3.05, 3.63) is 82.0 Å². The number of thiophene rings is 1. The number of carbonyl (C=O) groups excluding carboxylic acids is 2. The third-order valence-corrected chi connectivity index (χ3v) is 7.45. The zero-order valence-electron chi connectivity index (χ0n) is 19.2. The number of methoxy groups -OCH3 is 1. The molecule has 0 unspecified atom stereocenters. The van der Waals surface area contributed by atoms with Gasteiger partial charge in [-0.15, -0.1) is 11.3 Å². The Bertz CT molecular complexity index is 1140. The Hall–Kier alpha value is -3.32. The molecule has 1 fully saturated rings. The molecule has 1 aromatic heterocycles. The molecule has 1 aliphatic carbocycles. The molecule has 1 saturated carbocycles. The van der Waals surface area contributed by atoms with E-state index in [-0.39, 0.29) is 30.4 Å². The van der Waals surface area contributed by atoms with Crippen LogP contribution < -0.4 is 9.47 Å². The minimum absolute atomic E-state index is 0.0349. The summed E-state index contributed by atoms with van der Waals surface area (Å²) in [6.45, 7) is 1.09. The zero-order chi connectivity index (χ0) is 23.5. The highest BCUT2D eigenvalue weighted by molar-refractivity contribution is 7.10. The topological polar surface area (TPSA) is 59.1 Å². The summed E-state index contributed by atoms with van der Waals surface area (Å²) < 4.78 is 11.3. The first-order valence-corrected chi connectivity index (χ1v) is 12.5. The van der Waals surface area contributed by atoms with E-state index in [4.69, 9.17) is 9.47 Å². The van der Waals surface area contributed by atoms with Crippen molar-refractivity contribution >= 4 is 23.2 Å². The van der Waals surface area contributed by atoms with E-state index in [1.807, 2.05) is 35.2 Å². The highest BCUT2D eigenvalue weighted by Gasteiger charge is 2.38. The van der Waals surface area contributed by atoms with Gasteiger partial charge < -0.3 is 19.3 Å². The largest absolute Gasteiger partial charge is 0.497 e. The second kappa shape index (κ2) is 9.89. The van der Waals surface area contributed by atoms with Gasteiger partial charge in [-0.05, 0) is 72.7 Å². The lowest BCUT2D eigenvalue weighted by atomic mass is 10.0. The molecule has 0 radical (unpaired) electrons. The second-order valence-corrected chi connectivity index (χ2v) is 9.67. The molecule has 1 atom stereocenters.